The quantitative estimate of drug-likeness (QED) is 0.852. The van der Waals surface area contributed by atoms with E-state index in [0.29, 0.717) is 0 Å². The van der Waals surface area contributed by atoms with Gasteiger partial charge in [-0.05, 0) is 38.7 Å². The van der Waals surface area contributed by atoms with E-state index >= 15 is 0 Å². The van der Waals surface area contributed by atoms with E-state index in [1.165, 1.54) is 5.57 Å². The van der Waals surface area contributed by atoms with E-state index in [-0.39, 0.29) is 0 Å². The smallest absolute Gasteiger partial charge is 0.159 e. The molecule has 0 fully saturated rings. The van der Waals surface area contributed by atoms with Crippen LogP contribution in [-0.2, 0) is 6.54 Å². The van der Waals surface area contributed by atoms with Crippen LogP contribution in [-0.4, -0.2) is 16.0 Å². The minimum Gasteiger partial charge on any atom is -0.398 e. The molecule has 4 heteroatoms. The molecule has 2 N–H and O–H groups in total. The average molecular weight is 232 g/mol. The van der Waals surface area contributed by atoms with Gasteiger partial charge in [0.2, 0.25) is 0 Å². The molecule has 0 saturated heterocycles. The summed E-state index contributed by atoms with van der Waals surface area (Å²) < 4.78 is 1.96. The van der Waals surface area contributed by atoms with Crippen LogP contribution in [0.5, 0.6) is 0 Å². The Hall–Kier alpha value is -1.58. The lowest BCUT2D eigenvalue weighted by Gasteiger charge is -2.11. The van der Waals surface area contributed by atoms with Crippen molar-refractivity contribution in [3.05, 3.63) is 16.8 Å². The van der Waals surface area contributed by atoms with Gasteiger partial charge in [0.1, 0.15) is 0 Å². The van der Waals surface area contributed by atoms with Crippen LogP contribution >= 0.6 is 0 Å². The largest absolute Gasteiger partial charge is 0.398 e. The molecular weight excluding hydrogens is 212 g/mol. The standard InChI is InChI=1S/C13H20N4/c1-4-8-17-13-11(10(3)16-17)12(14)9(2)6-5-7-15-13/h7H,4-6,8,14H2,1-3H3. The van der Waals surface area contributed by atoms with E-state index < -0.39 is 0 Å². The molecule has 0 radical (unpaired) electrons. The first kappa shape index (κ1) is 11.9. The maximum atomic E-state index is 6.22. The van der Waals surface area contributed by atoms with Crippen LogP contribution in [0.15, 0.2) is 10.6 Å². The van der Waals surface area contributed by atoms with E-state index in [9.17, 15) is 0 Å². The van der Waals surface area contributed by atoms with Crippen molar-refractivity contribution in [3.8, 4) is 0 Å². The van der Waals surface area contributed by atoms with Crippen LogP contribution in [0.2, 0.25) is 0 Å². The fraction of sp³-hybridized carbons (Fsp3) is 0.538. The molecule has 0 bridgehead atoms. The van der Waals surface area contributed by atoms with Crippen LogP contribution in [0.1, 0.15) is 44.4 Å². The van der Waals surface area contributed by atoms with Gasteiger partial charge in [-0.15, -0.1) is 0 Å². The molecule has 0 aromatic carbocycles. The minimum absolute atomic E-state index is 0.858. The minimum atomic E-state index is 0.858. The van der Waals surface area contributed by atoms with Crippen molar-refractivity contribution in [2.75, 3.05) is 0 Å². The second-order valence-corrected chi connectivity index (χ2v) is 4.55. The number of aryl methyl sites for hydroxylation is 2. The third kappa shape index (κ3) is 2.12. The van der Waals surface area contributed by atoms with Crippen LogP contribution < -0.4 is 5.73 Å². The Bertz CT molecular complexity index is 480. The molecule has 4 nitrogen and oxygen atoms in total. The fourth-order valence-electron chi connectivity index (χ4n) is 2.16. The van der Waals surface area contributed by atoms with Crippen molar-refractivity contribution < 1.29 is 0 Å². The maximum absolute atomic E-state index is 6.22. The number of aliphatic imine (C=N–C) groups is 1. The zero-order valence-corrected chi connectivity index (χ0v) is 10.8. The molecule has 0 unspecified atom stereocenters. The first-order chi connectivity index (χ1) is 8.15. The van der Waals surface area contributed by atoms with Crippen molar-refractivity contribution in [1.29, 1.82) is 0 Å². The number of allylic oxidation sites excluding steroid dienone is 1. The molecule has 2 heterocycles. The second kappa shape index (κ2) is 4.73. The van der Waals surface area contributed by atoms with Crippen LogP contribution in [0.4, 0.5) is 5.82 Å². The molecule has 1 aliphatic rings. The molecule has 0 amide bonds. The van der Waals surface area contributed by atoms with Gasteiger partial charge >= 0.3 is 0 Å². The second-order valence-electron chi connectivity index (χ2n) is 4.55. The third-order valence-corrected chi connectivity index (χ3v) is 3.13. The van der Waals surface area contributed by atoms with Gasteiger partial charge in [0.15, 0.2) is 5.82 Å². The van der Waals surface area contributed by atoms with Gasteiger partial charge in [-0.1, -0.05) is 6.92 Å². The Morgan fingerprint density at radius 1 is 1.41 bits per heavy atom. The monoisotopic (exact) mass is 232 g/mol. The van der Waals surface area contributed by atoms with E-state index in [2.05, 4.69) is 23.9 Å². The number of nitrogens with zero attached hydrogens (tertiary/aromatic N) is 3. The van der Waals surface area contributed by atoms with Gasteiger partial charge in [-0.25, -0.2) is 9.67 Å². The molecule has 0 aliphatic carbocycles. The Balaban J connectivity index is 2.61. The normalized spacial score (nSPS) is 15.7. The molecule has 17 heavy (non-hydrogen) atoms. The first-order valence-electron chi connectivity index (χ1n) is 6.20. The van der Waals surface area contributed by atoms with Crippen molar-refractivity contribution in [1.82, 2.24) is 9.78 Å². The molecular formula is C13H20N4. The van der Waals surface area contributed by atoms with E-state index in [0.717, 1.165) is 48.6 Å². The highest BCUT2D eigenvalue weighted by atomic mass is 15.3. The van der Waals surface area contributed by atoms with Gasteiger partial charge < -0.3 is 5.73 Å². The molecule has 92 valence electrons. The number of nitrogens with two attached hydrogens (primary N) is 1. The van der Waals surface area contributed by atoms with Gasteiger partial charge in [0.25, 0.3) is 0 Å². The summed E-state index contributed by atoms with van der Waals surface area (Å²) in [5.74, 6) is 0.918. The highest BCUT2D eigenvalue weighted by Crippen LogP contribution is 2.31. The number of hydrogen-bond acceptors (Lipinski definition) is 3. The average Bonchev–Trinajstić information content (AvgIpc) is 2.58. The summed E-state index contributed by atoms with van der Waals surface area (Å²) in [5.41, 5.74) is 10.3. The van der Waals surface area contributed by atoms with Crippen molar-refractivity contribution in [2.45, 2.75) is 46.6 Å². The SMILES string of the molecule is CCCn1nc(C)c2c1N=CCCC(C)=C2N. The highest BCUT2D eigenvalue weighted by molar-refractivity contribution is 5.79. The van der Waals surface area contributed by atoms with E-state index in [1.807, 2.05) is 17.8 Å². The highest BCUT2D eigenvalue weighted by Gasteiger charge is 2.18. The predicted molar refractivity (Wildman–Crippen MR) is 71.4 cm³/mol. The Kier molecular flexibility index (Phi) is 3.31. The zero-order valence-electron chi connectivity index (χ0n) is 10.8. The summed E-state index contributed by atoms with van der Waals surface area (Å²) in [6, 6.07) is 0. The molecule has 2 rings (SSSR count). The van der Waals surface area contributed by atoms with Crippen molar-refractivity contribution in [2.24, 2.45) is 10.7 Å². The summed E-state index contributed by atoms with van der Waals surface area (Å²) in [7, 11) is 0. The van der Waals surface area contributed by atoms with Crippen molar-refractivity contribution >= 4 is 17.7 Å². The molecule has 0 saturated carbocycles. The Morgan fingerprint density at radius 2 is 2.18 bits per heavy atom. The van der Waals surface area contributed by atoms with E-state index in [1.54, 1.807) is 0 Å². The number of rotatable bonds is 2. The Labute approximate surface area is 102 Å². The molecule has 0 spiro atoms. The van der Waals surface area contributed by atoms with Crippen LogP contribution in [0, 0.1) is 6.92 Å². The van der Waals surface area contributed by atoms with Crippen molar-refractivity contribution in [3.63, 3.8) is 0 Å². The maximum Gasteiger partial charge on any atom is 0.159 e. The van der Waals surface area contributed by atoms with Gasteiger partial charge in [-0.3, -0.25) is 0 Å². The van der Waals surface area contributed by atoms with Crippen LogP contribution in [0.3, 0.4) is 0 Å². The lowest BCUT2D eigenvalue weighted by Crippen LogP contribution is -2.04. The zero-order chi connectivity index (χ0) is 12.4. The summed E-state index contributed by atoms with van der Waals surface area (Å²) in [4.78, 5) is 4.53. The molecule has 1 aromatic heterocycles. The lowest BCUT2D eigenvalue weighted by atomic mass is 10.0. The summed E-state index contributed by atoms with van der Waals surface area (Å²) in [6.07, 6.45) is 4.95. The number of aromatic nitrogens is 2. The van der Waals surface area contributed by atoms with Gasteiger partial charge in [-0.2, -0.15) is 5.10 Å². The number of fused-ring (bicyclic) bond motifs is 1. The lowest BCUT2D eigenvalue weighted by molar-refractivity contribution is 0.602. The molecule has 0 atom stereocenters. The van der Waals surface area contributed by atoms with Gasteiger partial charge in [0.05, 0.1) is 11.3 Å². The third-order valence-electron chi connectivity index (χ3n) is 3.13. The summed E-state index contributed by atoms with van der Waals surface area (Å²) in [6.45, 7) is 7.12. The first-order valence-corrected chi connectivity index (χ1v) is 6.20. The van der Waals surface area contributed by atoms with E-state index in [4.69, 9.17) is 5.73 Å². The predicted octanol–water partition coefficient (Wildman–Crippen LogP) is 2.79. The summed E-state index contributed by atoms with van der Waals surface area (Å²) in [5, 5.41) is 4.54. The molecule has 1 aliphatic heterocycles. The topological polar surface area (TPSA) is 56.2 Å². The fourth-order valence-corrected chi connectivity index (χ4v) is 2.16. The summed E-state index contributed by atoms with van der Waals surface area (Å²) >= 11 is 0. The van der Waals surface area contributed by atoms with Gasteiger partial charge in [0, 0.05) is 18.5 Å². The molecule has 1 aromatic rings. The number of hydrogen-bond donors (Lipinski definition) is 1. The Morgan fingerprint density at radius 3 is 2.88 bits per heavy atom. The van der Waals surface area contributed by atoms with Crippen LogP contribution in [0.25, 0.3) is 5.70 Å².